The van der Waals surface area contributed by atoms with Crippen LogP contribution in [0.2, 0.25) is 13.1 Å². The highest BCUT2D eigenvalue weighted by Gasteiger charge is 2.17. The first-order valence-corrected chi connectivity index (χ1v) is 6.73. The zero-order valence-electron chi connectivity index (χ0n) is 7.09. The second-order valence-electron chi connectivity index (χ2n) is 3.00. The second kappa shape index (κ2) is 4.13. The Morgan fingerprint density at radius 3 is 2.45 bits per heavy atom. The standard InChI is InChI=1S/C8H14O2Si/c1-5-8(9)10-7-11(3,4)6-2/h5-6H,1-2,7H2,3-4H3. The number of rotatable bonds is 4. The summed E-state index contributed by atoms with van der Waals surface area (Å²) in [7, 11) is -1.48. The fourth-order valence-corrected chi connectivity index (χ4v) is 1.01. The average molecular weight is 170 g/mol. The van der Waals surface area contributed by atoms with Gasteiger partial charge in [0.05, 0.1) is 6.23 Å². The fraction of sp³-hybridized carbons (Fsp3) is 0.375. The van der Waals surface area contributed by atoms with Crippen molar-refractivity contribution in [1.29, 1.82) is 0 Å². The van der Waals surface area contributed by atoms with Gasteiger partial charge in [-0.05, 0) is 0 Å². The quantitative estimate of drug-likeness (QED) is 0.364. The molecule has 0 spiro atoms. The summed E-state index contributed by atoms with van der Waals surface area (Å²) in [5.41, 5.74) is 1.89. The predicted octanol–water partition coefficient (Wildman–Crippen LogP) is 1.69. The van der Waals surface area contributed by atoms with Crippen LogP contribution in [0.25, 0.3) is 0 Å². The van der Waals surface area contributed by atoms with Gasteiger partial charge >= 0.3 is 5.97 Å². The number of hydrogen-bond acceptors (Lipinski definition) is 2. The number of esters is 1. The van der Waals surface area contributed by atoms with Crippen LogP contribution in [0.15, 0.2) is 24.9 Å². The van der Waals surface area contributed by atoms with E-state index in [2.05, 4.69) is 26.3 Å². The van der Waals surface area contributed by atoms with E-state index in [4.69, 9.17) is 4.74 Å². The van der Waals surface area contributed by atoms with E-state index in [1.165, 1.54) is 6.08 Å². The van der Waals surface area contributed by atoms with Gasteiger partial charge in [-0.3, -0.25) is 0 Å². The third kappa shape index (κ3) is 4.56. The maximum atomic E-state index is 10.6. The molecule has 0 aromatic rings. The van der Waals surface area contributed by atoms with E-state index in [0.717, 1.165) is 0 Å². The van der Waals surface area contributed by atoms with E-state index in [-0.39, 0.29) is 5.97 Å². The molecule has 0 rings (SSSR count). The Labute approximate surface area is 68.6 Å². The molecule has 0 saturated carbocycles. The molecule has 0 fully saturated rings. The lowest BCUT2D eigenvalue weighted by Gasteiger charge is -2.15. The van der Waals surface area contributed by atoms with Crippen LogP contribution in [-0.2, 0) is 9.53 Å². The van der Waals surface area contributed by atoms with E-state index in [1.807, 2.05) is 5.70 Å². The minimum absolute atomic E-state index is 0.354. The molecule has 0 aliphatic carbocycles. The van der Waals surface area contributed by atoms with E-state index < -0.39 is 8.07 Å². The Bertz CT molecular complexity index is 173. The van der Waals surface area contributed by atoms with Crippen LogP contribution in [0.5, 0.6) is 0 Å². The molecule has 3 heteroatoms. The summed E-state index contributed by atoms with van der Waals surface area (Å²) in [4.78, 5) is 10.6. The number of carbonyl (C=O) groups excluding carboxylic acids is 1. The SMILES string of the molecule is C=CC(=O)OC[Si](C)(C)C=C. The molecule has 0 amide bonds. The zero-order valence-corrected chi connectivity index (χ0v) is 8.09. The van der Waals surface area contributed by atoms with Crippen molar-refractivity contribution >= 4 is 14.0 Å². The highest BCUT2D eigenvalue weighted by molar-refractivity contribution is 6.82. The van der Waals surface area contributed by atoms with Gasteiger partial charge in [-0.15, -0.1) is 6.58 Å². The van der Waals surface area contributed by atoms with Gasteiger partial charge in [0.15, 0.2) is 0 Å². The van der Waals surface area contributed by atoms with Gasteiger partial charge in [-0.2, -0.15) is 0 Å². The Balaban J connectivity index is 3.78. The Kier molecular flexibility index (Phi) is 3.82. The van der Waals surface area contributed by atoms with Crippen molar-refractivity contribution in [3.05, 3.63) is 24.9 Å². The van der Waals surface area contributed by atoms with Crippen molar-refractivity contribution in [3.8, 4) is 0 Å². The van der Waals surface area contributed by atoms with Gasteiger partial charge in [-0.25, -0.2) is 4.79 Å². The topological polar surface area (TPSA) is 26.3 Å². The molecule has 0 aliphatic rings. The van der Waals surface area contributed by atoms with Crippen molar-refractivity contribution in [3.63, 3.8) is 0 Å². The maximum Gasteiger partial charge on any atom is 0.329 e. The summed E-state index contributed by atoms with van der Waals surface area (Å²) in [5.74, 6) is -0.354. The first-order chi connectivity index (χ1) is 5.02. The lowest BCUT2D eigenvalue weighted by atomic mass is 10.7. The van der Waals surface area contributed by atoms with Crippen molar-refractivity contribution in [1.82, 2.24) is 0 Å². The predicted molar refractivity (Wildman–Crippen MR) is 48.8 cm³/mol. The van der Waals surface area contributed by atoms with E-state index in [1.54, 1.807) is 0 Å². The second-order valence-corrected chi connectivity index (χ2v) is 7.68. The monoisotopic (exact) mass is 170 g/mol. The van der Waals surface area contributed by atoms with Crippen LogP contribution in [0, 0.1) is 0 Å². The summed E-state index contributed by atoms with van der Waals surface area (Å²) in [5, 5.41) is 0. The Hall–Kier alpha value is -0.833. The number of hydrogen-bond donors (Lipinski definition) is 0. The minimum atomic E-state index is -1.48. The van der Waals surface area contributed by atoms with Crippen LogP contribution < -0.4 is 0 Å². The molecule has 2 nitrogen and oxygen atoms in total. The first-order valence-electron chi connectivity index (χ1n) is 3.44. The Morgan fingerprint density at radius 2 is 2.09 bits per heavy atom. The first kappa shape index (κ1) is 10.2. The van der Waals surface area contributed by atoms with Crippen LogP contribution in [0.3, 0.4) is 0 Å². The van der Waals surface area contributed by atoms with Crippen molar-refractivity contribution < 1.29 is 9.53 Å². The molecule has 62 valence electrons. The summed E-state index contributed by atoms with van der Waals surface area (Å²) < 4.78 is 4.88. The average Bonchev–Trinajstić information content (AvgIpc) is 2.00. The molecule has 0 radical (unpaired) electrons. The lowest BCUT2D eigenvalue weighted by molar-refractivity contribution is -0.136. The normalized spacial score (nSPS) is 10.4. The van der Waals surface area contributed by atoms with Crippen LogP contribution in [0.4, 0.5) is 0 Å². The van der Waals surface area contributed by atoms with Gasteiger partial charge < -0.3 is 4.74 Å². The van der Waals surface area contributed by atoms with Crippen molar-refractivity contribution in [2.45, 2.75) is 13.1 Å². The third-order valence-corrected chi connectivity index (χ3v) is 3.30. The number of ether oxygens (including phenoxy) is 1. The van der Waals surface area contributed by atoms with Gasteiger partial charge in [0.25, 0.3) is 0 Å². The summed E-state index contributed by atoms with van der Waals surface area (Å²) >= 11 is 0. The Morgan fingerprint density at radius 1 is 1.55 bits per heavy atom. The minimum Gasteiger partial charge on any atom is -0.466 e. The van der Waals surface area contributed by atoms with Crippen LogP contribution in [0.1, 0.15) is 0 Å². The van der Waals surface area contributed by atoms with Gasteiger partial charge in [-0.1, -0.05) is 25.4 Å². The van der Waals surface area contributed by atoms with E-state index >= 15 is 0 Å². The van der Waals surface area contributed by atoms with Crippen molar-refractivity contribution in [2.24, 2.45) is 0 Å². The largest absolute Gasteiger partial charge is 0.466 e. The number of carbonyl (C=O) groups is 1. The van der Waals surface area contributed by atoms with Crippen LogP contribution in [-0.4, -0.2) is 20.3 Å². The molecule has 0 atom stereocenters. The molecule has 0 N–H and O–H groups in total. The van der Waals surface area contributed by atoms with Gasteiger partial charge in [0.1, 0.15) is 8.07 Å². The molecule has 0 heterocycles. The molecule has 11 heavy (non-hydrogen) atoms. The lowest BCUT2D eigenvalue weighted by Crippen LogP contribution is -2.31. The molecule has 0 aromatic heterocycles. The summed E-state index contributed by atoms with van der Waals surface area (Å²) in [6.45, 7) is 11.1. The molecule has 0 aliphatic heterocycles. The van der Waals surface area contributed by atoms with Crippen LogP contribution >= 0.6 is 0 Å². The fourth-order valence-electron chi connectivity index (χ4n) is 0.375. The highest BCUT2D eigenvalue weighted by Crippen LogP contribution is 2.02. The smallest absolute Gasteiger partial charge is 0.329 e. The molecule has 0 aromatic carbocycles. The van der Waals surface area contributed by atoms with E-state index in [0.29, 0.717) is 6.23 Å². The molecule has 0 unspecified atom stereocenters. The van der Waals surface area contributed by atoms with Gasteiger partial charge in [0, 0.05) is 6.08 Å². The van der Waals surface area contributed by atoms with E-state index in [9.17, 15) is 4.79 Å². The molecular formula is C8H14O2Si. The zero-order chi connectivity index (χ0) is 8.91. The van der Waals surface area contributed by atoms with Crippen molar-refractivity contribution in [2.75, 3.05) is 6.23 Å². The summed E-state index contributed by atoms with van der Waals surface area (Å²) in [6.07, 6.45) is 1.66. The summed E-state index contributed by atoms with van der Waals surface area (Å²) in [6, 6.07) is 0. The van der Waals surface area contributed by atoms with Gasteiger partial charge in [0.2, 0.25) is 0 Å². The maximum absolute atomic E-state index is 10.6. The third-order valence-electron chi connectivity index (χ3n) is 1.31. The molecular weight excluding hydrogens is 156 g/mol. The molecule has 0 bridgehead atoms. The highest BCUT2D eigenvalue weighted by atomic mass is 28.3. The molecule has 0 saturated heterocycles.